The van der Waals surface area contributed by atoms with Crippen molar-refractivity contribution in [2.75, 3.05) is 11.1 Å². The van der Waals surface area contributed by atoms with E-state index in [9.17, 15) is 4.79 Å². The molecule has 0 aliphatic carbocycles. The summed E-state index contributed by atoms with van der Waals surface area (Å²) in [6.07, 6.45) is -0.750. The normalized spacial score (nSPS) is 12.2. The van der Waals surface area contributed by atoms with Crippen molar-refractivity contribution in [2.45, 2.75) is 13.0 Å². The molecule has 5 nitrogen and oxygen atoms in total. The summed E-state index contributed by atoms with van der Waals surface area (Å²) in [6.45, 7) is 1.64. The van der Waals surface area contributed by atoms with Crippen LogP contribution in [0.4, 0.5) is 10.8 Å². The largest absolute Gasteiger partial charge is 0.479 e. The maximum absolute atomic E-state index is 12.4. The number of anilines is 2. The van der Waals surface area contributed by atoms with Crippen LogP contribution in [-0.4, -0.2) is 17.0 Å². The number of amides is 1. The molecule has 1 unspecified atom stereocenters. The molecule has 1 aromatic heterocycles. The van der Waals surface area contributed by atoms with Crippen LogP contribution in [-0.2, 0) is 4.79 Å². The minimum absolute atomic E-state index is 0.310. The number of nitrogens with one attached hydrogen (secondary N) is 1. The number of rotatable bonds is 4. The van der Waals surface area contributed by atoms with Crippen LogP contribution in [0.2, 0.25) is 10.0 Å². The van der Waals surface area contributed by atoms with E-state index in [0.29, 0.717) is 26.6 Å². The molecule has 0 spiro atoms. The standard InChI is InChI=1S/C16H12BrCl2N3O2S/c1-7(24-12-3-2-8(18)4-11(12)19)15(23)21-9-5-10(17)14-13(6-9)25-16(20)22-14/h2-7H,1H3,(H2,20,22)(H,21,23). The van der Waals surface area contributed by atoms with Gasteiger partial charge in [-0.3, -0.25) is 4.79 Å². The third-order valence-electron chi connectivity index (χ3n) is 3.30. The average Bonchev–Trinajstić information content (AvgIpc) is 2.91. The molecule has 3 aromatic rings. The molecule has 25 heavy (non-hydrogen) atoms. The summed E-state index contributed by atoms with van der Waals surface area (Å²) >= 11 is 16.7. The quantitative estimate of drug-likeness (QED) is 0.549. The van der Waals surface area contributed by atoms with Gasteiger partial charge in [-0.05, 0) is 53.2 Å². The number of carbonyl (C=O) groups excluding carboxylic acids is 1. The highest BCUT2D eigenvalue weighted by Gasteiger charge is 2.17. The fourth-order valence-electron chi connectivity index (χ4n) is 2.14. The van der Waals surface area contributed by atoms with Gasteiger partial charge in [-0.25, -0.2) is 4.98 Å². The summed E-state index contributed by atoms with van der Waals surface area (Å²) < 4.78 is 7.24. The summed E-state index contributed by atoms with van der Waals surface area (Å²) in [5.41, 5.74) is 7.11. The zero-order valence-electron chi connectivity index (χ0n) is 12.8. The van der Waals surface area contributed by atoms with Gasteiger partial charge in [0.05, 0.1) is 15.2 Å². The fourth-order valence-corrected chi connectivity index (χ4v) is 4.07. The lowest BCUT2D eigenvalue weighted by Gasteiger charge is -2.16. The van der Waals surface area contributed by atoms with Crippen LogP contribution in [0.3, 0.4) is 0 Å². The zero-order chi connectivity index (χ0) is 18.1. The number of hydrogen-bond donors (Lipinski definition) is 2. The number of halogens is 3. The van der Waals surface area contributed by atoms with Crippen molar-refractivity contribution in [3.63, 3.8) is 0 Å². The Labute approximate surface area is 166 Å². The summed E-state index contributed by atoms with van der Waals surface area (Å²) in [5.74, 6) is 0.0790. The minimum Gasteiger partial charge on any atom is -0.479 e. The molecule has 2 aromatic carbocycles. The van der Waals surface area contributed by atoms with E-state index in [4.69, 9.17) is 33.7 Å². The van der Waals surface area contributed by atoms with E-state index in [1.165, 1.54) is 11.3 Å². The maximum atomic E-state index is 12.4. The Morgan fingerprint density at radius 1 is 1.36 bits per heavy atom. The summed E-state index contributed by atoms with van der Waals surface area (Å²) in [4.78, 5) is 16.6. The summed E-state index contributed by atoms with van der Waals surface area (Å²) in [7, 11) is 0. The van der Waals surface area contributed by atoms with Gasteiger partial charge in [0.1, 0.15) is 5.75 Å². The van der Waals surface area contributed by atoms with Crippen LogP contribution >= 0.6 is 50.5 Å². The van der Waals surface area contributed by atoms with E-state index in [0.717, 1.165) is 14.7 Å². The second-order valence-corrected chi connectivity index (χ2v) is 7.94. The Balaban J connectivity index is 1.75. The number of nitrogen functional groups attached to an aromatic ring is 1. The monoisotopic (exact) mass is 459 g/mol. The van der Waals surface area contributed by atoms with Crippen LogP contribution in [0, 0.1) is 0 Å². The first-order valence-electron chi connectivity index (χ1n) is 7.11. The van der Waals surface area contributed by atoms with E-state index in [2.05, 4.69) is 26.2 Å². The molecule has 3 N–H and O–H groups in total. The number of nitrogens with two attached hydrogens (primary N) is 1. The van der Waals surface area contributed by atoms with E-state index in [-0.39, 0.29) is 5.91 Å². The van der Waals surface area contributed by atoms with E-state index < -0.39 is 6.10 Å². The lowest BCUT2D eigenvalue weighted by atomic mass is 10.2. The smallest absolute Gasteiger partial charge is 0.265 e. The molecule has 0 aliphatic heterocycles. The fraction of sp³-hybridized carbons (Fsp3) is 0.125. The molecule has 130 valence electrons. The number of carbonyl (C=O) groups is 1. The highest BCUT2D eigenvalue weighted by Crippen LogP contribution is 2.33. The van der Waals surface area contributed by atoms with Crippen LogP contribution < -0.4 is 15.8 Å². The van der Waals surface area contributed by atoms with Crippen LogP contribution in [0.1, 0.15) is 6.92 Å². The number of thiazole rings is 1. The molecule has 0 radical (unpaired) electrons. The van der Waals surface area contributed by atoms with Gasteiger partial charge >= 0.3 is 0 Å². The predicted molar refractivity (Wildman–Crippen MR) is 107 cm³/mol. The number of aromatic nitrogens is 1. The van der Waals surface area contributed by atoms with Gasteiger partial charge in [-0.1, -0.05) is 34.5 Å². The number of hydrogen-bond acceptors (Lipinski definition) is 5. The molecular weight excluding hydrogens is 449 g/mol. The van der Waals surface area contributed by atoms with Crippen molar-refractivity contribution in [1.82, 2.24) is 4.98 Å². The first kappa shape index (κ1) is 18.3. The summed E-state index contributed by atoms with van der Waals surface area (Å²) in [5, 5.41) is 4.12. The van der Waals surface area contributed by atoms with Crippen molar-refractivity contribution in [3.8, 4) is 5.75 Å². The van der Waals surface area contributed by atoms with Gasteiger partial charge in [0.25, 0.3) is 5.91 Å². The Bertz CT molecular complexity index is 964. The second-order valence-electron chi connectivity index (χ2n) is 5.18. The van der Waals surface area contributed by atoms with Crippen LogP contribution in [0.15, 0.2) is 34.8 Å². The van der Waals surface area contributed by atoms with Gasteiger partial charge in [0.15, 0.2) is 11.2 Å². The minimum atomic E-state index is -0.750. The lowest BCUT2D eigenvalue weighted by molar-refractivity contribution is -0.122. The Morgan fingerprint density at radius 3 is 2.84 bits per heavy atom. The molecule has 1 atom stereocenters. The molecule has 0 saturated heterocycles. The predicted octanol–water partition coefficient (Wildman–Crippen LogP) is 5.35. The van der Waals surface area contributed by atoms with Crippen LogP contribution in [0.5, 0.6) is 5.75 Å². The first-order valence-corrected chi connectivity index (χ1v) is 9.48. The van der Waals surface area contributed by atoms with E-state index >= 15 is 0 Å². The highest BCUT2D eigenvalue weighted by molar-refractivity contribution is 9.10. The Morgan fingerprint density at radius 2 is 2.12 bits per heavy atom. The SMILES string of the molecule is CC(Oc1ccc(Cl)cc1Cl)C(=O)Nc1cc(Br)c2nc(N)sc2c1. The van der Waals surface area contributed by atoms with E-state index in [1.807, 2.05) is 6.07 Å². The zero-order valence-corrected chi connectivity index (χ0v) is 16.8. The summed E-state index contributed by atoms with van der Waals surface area (Å²) in [6, 6.07) is 8.40. The van der Waals surface area contributed by atoms with Crippen LogP contribution in [0.25, 0.3) is 10.2 Å². The maximum Gasteiger partial charge on any atom is 0.265 e. The Hall–Kier alpha value is -1.54. The van der Waals surface area contributed by atoms with Gasteiger partial charge in [0, 0.05) is 15.2 Å². The molecule has 1 heterocycles. The number of ether oxygens (including phenoxy) is 1. The Kier molecular flexibility index (Phi) is 5.38. The van der Waals surface area contributed by atoms with Crippen molar-refractivity contribution < 1.29 is 9.53 Å². The van der Waals surface area contributed by atoms with Crippen molar-refractivity contribution in [2.24, 2.45) is 0 Å². The first-order chi connectivity index (χ1) is 11.8. The van der Waals surface area contributed by atoms with Gasteiger partial charge in [-0.2, -0.15) is 0 Å². The van der Waals surface area contributed by atoms with Crippen molar-refractivity contribution in [3.05, 3.63) is 44.8 Å². The lowest BCUT2D eigenvalue weighted by Crippen LogP contribution is -2.30. The number of nitrogens with zero attached hydrogens (tertiary/aromatic N) is 1. The van der Waals surface area contributed by atoms with Crippen molar-refractivity contribution in [1.29, 1.82) is 0 Å². The second kappa shape index (κ2) is 7.37. The van der Waals surface area contributed by atoms with Gasteiger partial charge in [-0.15, -0.1) is 0 Å². The third kappa shape index (κ3) is 4.17. The molecule has 0 fully saturated rings. The average molecular weight is 461 g/mol. The van der Waals surface area contributed by atoms with Gasteiger partial charge < -0.3 is 15.8 Å². The number of fused-ring (bicyclic) bond motifs is 1. The highest BCUT2D eigenvalue weighted by atomic mass is 79.9. The molecule has 9 heteroatoms. The molecule has 1 amide bonds. The molecular formula is C16H12BrCl2N3O2S. The molecule has 3 rings (SSSR count). The van der Waals surface area contributed by atoms with Gasteiger partial charge in [0.2, 0.25) is 0 Å². The molecule has 0 aliphatic rings. The number of benzene rings is 2. The topological polar surface area (TPSA) is 77.2 Å². The van der Waals surface area contributed by atoms with Crippen molar-refractivity contribution >= 4 is 77.4 Å². The third-order valence-corrected chi connectivity index (χ3v) is 5.27. The molecule has 0 saturated carbocycles. The molecule has 0 bridgehead atoms. The van der Waals surface area contributed by atoms with E-state index in [1.54, 1.807) is 31.2 Å².